The number of nitrogens with zero attached hydrogens (tertiary/aromatic N) is 1. The summed E-state index contributed by atoms with van der Waals surface area (Å²) in [5.41, 5.74) is 0.515. The molecule has 0 unspecified atom stereocenters. The molecule has 10 heteroatoms. The van der Waals surface area contributed by atoms with Crippen molar-refractivity contribution in [3.8, 4) is 5.88 Å². The van der Waals surface area contributed by atoms with Crippen LogP contribution in [0.3, 0.4) is 0 Å². The lowest BCUT2D eigenvalue weighted by Gasteiger charge is -2.13. The maximum atomic E-state index is 14.0. The Kier molecular flexibility index (Phi) is 6.81. The number of hydrogen-bond acceptors (Lipinski definition) is 5. The van der Waals surface area contributed by atoms with E-state index in [1.807, 2.05) is 0 Å². The van der Waals surface area contributed by atoms with Gasteiger partial charge in [-0.1, -0.05) is 13.3 Å². The summed E-state index contributed by atoms with van der Waals surface area (Å²) < 4.78 is 44.2. The van der Waals surface area contributed by atoms with E-state index in [1.54, 1.807) is 6.92 Å². The number of sulfone groups is 1. The summed E-state index contributed by atoms with van der Waals surface area (Å²) in [7, 11) is -3.30. The molecule has 1 saturated carbocycles. The van der Waals surface area contributed by atoms with Crippen molar-refractivity contribution in [1.29, 1.82) is 0 Å². The van der Waals surface area contributed by atoms with Gasteiger partial charge in [-0.15, -0.1) is 0 Å². The summed E-state index contributed by atoms with van der Waals surface area (Å²) in [6.07, 6.45) is 3.96. The molecule has 8 nitrogen and oxygen atoms in total. The monoisotopic (exact) mass is 429 g/mol. The third-order valence-electron chi connectivity index (χ3n) is 5.20. The van der Waals surface area contributed by atoms with Gasteiger partial charge < -0.3 is 14.6 Å². The smallest absolute Gasteiger partial charge is 0.324 e. The first-order valence-electron chi connectivity index (χ1n) is 10.0. The maximum absolute atomic E-state index is 14.0. The second-order valence-electron chi connectivity index (χ2n) is 8.01. The van der Waals surface area contributed by atoms with Gasteiger partial charge in [-0.05, 0) is 37.7 Å². The zero-order valence-electron chi connectivity index (χ0n) is 16.6. The van der Waals surface area contributed by atoms with E-state index in [4.69, 9.17) is 4.74 Å². The molecule has 29 heavy (non-hydrogen) atoms. The van der Waals surface area contributed by atoms with Crippen LogP contribution in [0.4, 0.5) is 9.18 Å². The quantitative estimate of drug-likeness (QED) is 0.391. The highest BCUT2D eigenvalue weighted by molar-refractivity contribution is 7.91. The van der Waals surface area contributed by atoms with Gasteiger partial charge in [0.25, 0.3) is 0 Å². The summed E-state index contributed by atoms with van der Waals surface area (Å²) in [5.74, 6) is -0.621. The third kappa shape index (κ3) is 6.45. The van der Waals surface area contributed by atoms with Crippen LogP contribution < -0.4 is 10.1 Å². The van der Waals surface area contributed by atoms with Crippen LogP contribution in [0.15, 0.2) is 6.07 Å². The number of carbonyl (C=O) groups excluding carboxylic acids is 2. The zero-order valence-corrected chi connectivity index (χ0v) is 17.4. The number of halogens is 1. The maximum Gasteiger partial charge on any atom is 0.324 e. The molecule has 1 aromatic heterocycles. The summed E-state index contributed by atoms with van der Waals surface area (Å²) in [5, 5.41) is 2.20. The molecule has 1 aromatic rings. The highest BCUT2D eigenvalue weighted by Gasteiger charge is 2.26. The predicted molar refractivity (Wildman–Crippen MR) is 105 cm³/mol. The minimum absolute atomic E-state index is 0.0384. The molecule has 0 aromatic carbocycles. The van der Waals surface area contributed by atoms with Gasteiger partial charge in [0.15, 0.2) is 15.7 Å². The van der Waals surface area contributed by atoms with Crippen molar-refractivity contribution < 1.29 is 27.1 Å². The van der Waals surface area contributed by atoms with E-state index in [9.17, 15) is 22.4 Å². The molecule has 162 valence electrons. The molecule has 0 radical (unpaired) electrons. The normalized spacial score (nSPS) is 18.2. The molecular weight excluding hydrogens is 401 g/mol. The van der Waals surface area contributed by atoms with Crippen molar-refractivity contribution in [2.24, 2.45) is 5.92 Å². The van der Waals surface area contributed by atoms with Crippen LogP contribution in [0, 0.1) is 11.7 Å². The van der Waals surface area contributed by atoms with Gasteiger partial charge in [0, 0.05) is 18.2 Å². The lowest BCUT2D eigenvalue weighted by atomic mass is 10.1. The van der Waals surface area contributed by atoms with Crippen LogP contribution in [0.25, 0.3) is 0 Å². The first kappa shape index (κ1) is 21.6. The number of ether oxygens (including phenoxy) is 1. The molecule has 1 aliphatic heterocycles. The van der Waals surface area contributed by atoms with Gasteiger partial charge in [-0.3, -0.25) is 10.1 Å². The Hall–Kier alpha value is -2.10. The summed E-state index contributed by atoms with van der Waals surface area (Å²) in [6, 6.07) is 0.917. The number of imide groups is 1. The number of amides is 3. The molecular formula is C19H28FN3O5S. The Morgan fingerprint density at radius 2 is 2.03 bits per heavy atom. The standard InChI is InChI=1S/C19H28FN3O5S/c1-13(16-9-15(20)18(21-16)28-11-14-5-6-14)12-29(26,27)8-4-2-3-7-23-10-17(24)22-19(23)25/h9,13-14,21H,2-8,10-12H2,1H3,(H,22,24,25)/t13-/m0/s1. The average Bonchev–Trinajstić information content (AvgIpc) is 3.31. The van der Waals surface area contributed by atoms with E-state index in [0.29, 0.717) is 44.0 Å². The molecule has 1 aliphatic carbocycles. The fourth-order valence-electron chi connectivity index (χ4n) is 3.30. The largest absolute Gasteiger partial charge is 0.477 e. The molecule has 2 N–H and O–H groups in total. The van der Waals surface area contributed by atoms with Gasteiger partial charge in [0.2, 0.25) is 11.8 Å². The lowest BCUT2D eigenvalue weighted by molar-refractivity contribution is -0.118. The van der Waals surface area contributed by atoms with Crippen LogP contribution in [0.2, 0.25) is 0 Å². The number of hydrogen-bond donors (Lipinski definition) is 2. The fraction of sp³-hybridized carbons (Fsp3) is 0.684. The third-order valence-corrected chi connectivity index (χ3v) is 7.12. The second kappa shape index (κ2) is 9.15. The Bertz CT molecular complexity index is 850. The van der Waals surface area contributed by atoms with Crippen molar-refractivity contribution in [2.45, 2.75) is 44.9 Å². The molecule has 1 atom stereocenters. The highest BCUT2D eigenvalue weighted by atomic mass is 32.2. The van der Waals surface area contributed by atoms with E-state index < -0.39 is 21.7 Å². The van der Waals surface area contributed by atoms with E-state index >= 15 is 0 Å². The Morgan fingerprint density at radius 1 is 1.28 bits per heavy atom. The Balaban J connectivity index is 1.38. The van der Waals surface area contributed by atoms with Crippen molar-refractivity contribution in [3.63, 3.8) is 0 Å². The van der Waals surface area contributed by atoms with Crippen molar-refractivity contribution >= 4 is 21.8 Å². The van der Waals surface area contributed by atoms with E-state index in [0.717, 1.165) is 12.8 Å². The number of urea groups is 1. The first-order valence-corrected chi connectivity index (χ1v) is 11.9. The van der Waals surface area contributed by atoms with Gasteiger partial charge in [-0.25, -0.2) is 17.6 Å². The number of aromatic nitrogens is 1. The number of rotatable bonds is 12. The first-order chi connectivity index (χ1) is 13.7. The molecule has 2 aliphatic rings. The van der Waals surface area contributed by atoms with Crippen LogP contribution in [-0.4, -0.2) is 61.4 Å². The molecule has 0 spiro atoms. The number of nitrogens with one attached hydrogen (secondary N) is 2. The minimum Gasteiger partial charge on any atom is -0.477 e. The fourth-order valence-corrected chi connectivity index (χ4v) is 5.06. The van der Waals surface area contributed by atoms with Crippen LogP contribution >= 0.6 is 0 Å². The van der Waals surface area contributed by atoms with Gasteiger partial charge in [0.05, 0.1) is 18.1 Å². The number of carbonyl (C=O) groups is 2. The van der Waals surface area contributed by atoms with Gasteiger partial charge in [-0.2, -0.15) is 0 Å². The van der Waals surface area contributed by atoms with Crippen molar-refractivity contribution in [2.75, 3.05) is 31.2 Å². The van der Waals surface area contributed by atoms with Gasteiger partial charge >= 0.3 is 6.03 Å². The molecule has 3 rings (SSSR count). The number of H-pyrrole nitrogens is 1. The van der Waals surface area contributed by atoms with Crippen molar-refractivity contribution in [1.82, 2.24) is 15.2 Å². The van der Waals surface area contributed by atoms with Crippen LogP contribution in [0.5, 0.6) is 5.88 Å². The summed E-state index contributed by atoms with van der Waals surface area (Å²) in [4.78, 5) is 26.8. The topological polar surface area (TPSA) is 109 Å². The van der Waals surface area contributed by atoms with Crippen molar-refractivity contribution in [3.05, 3.63) is 17.6 Å². The lowest BCUT2D eigenvalue weighted by Crippen LogP contribution is -2.29. The molecule has 2 heterocycles. The van der Waals surface area contributed by atoms with E-state index in [2.05, 4.69) is 10.3 Å². The highest BCUT2D eigenvalue weighted by Crippen LogP contribution is 2.31. The Morgan fingerprint density at radius 3 is 2.69 bits per heavy atom. The summed E-state index contributed by atoms with van der Waals surface area (Å²) >= 11 is 0. The molecule has 1 saturated heterocycles. The summed E-state index contributed by atoms with van der Waals surface area (Å²) in [6.45, 7) is 2.72. The van der Waals surface area contributed by atoms with E-state index in [-0.39, 0.29) is 35.8 Å². The van der Waals surface area contributed by atoms with Gasteiger partial charge in [0.1, 0.15) is 6.54 Å². The molecule has 0 bridgehead atoms. The average molecular weight is 430 g/mol. The zero-order chi connectivity index (χ0) is 21.0. The minimum atomic E-state index is -3.30. The molecule has 3 amide bonds. The van der Waals surface area contributed by atoms with E-state index in [1.165, 1.54) is 11.0 Å². The number of unbranched alkanes of at least 4 members (excludes halogenated alkanes) is 2. The number of aromatic amines is 1. The predicted octanol–water partition coefficient (Wildman–Crippen LogP) is 2.18. The SMILES string of the molecule is C[C@@H](CS(=O)(=O)CCCCCN1CC(=O)NC1=O)c1cc(F)c(OCC2CC2)[nH]1. The second-order valence-corrected chi connectivity index (χ2v) is 10.2. The van der Waals surface area contributed by atoms with Crippen LogP contribution in [-0.2, 0) is 14.6 Å². The van der Waals surface area contributed by atoms with Crippen LogP contribution in [0.1, 0.15) is 50.6 Å². The molecule has 2 fully saturated rings. The Labute approximate surface area is 170 Å².